The van der Waals surface area contributed by atoms with E-state index >= 15 is 0 Å². The Morgan fingerprint density at radius 3 is 2.80 bits per heavy atom. The second-order valence-electron chi connectivity index (χ2n) is 5.00. The van der Waals surface area contributed by atoms with Crippen molar-refractivity contribution in [3.05, 3.63) is 29.3 Å². The van der Waals surface area contributed by atoms with Crippen molar-refractivity contribution in [3.8, 4) is 6.07 Å². The Morgan fingerprint density at radius 2 is 2.20 bits per heavy atom. The summed E-state index contributed by atoms with van der Waals surface area (Å²) in [5.74, 6) is 0.674. The van der Waals surface area contributed by atoms with Crippen LogP contribution in [0.2, 0.25) is 0 Å². The highest BCUT2D eigenvalue weighted by atomic mass is 32.2. The third kappa shape index (κ3) is 4.04. The smallest absolute Gasteiger partial charge is 0.240 e. The van der Waals surface area contributed by atoms with E-state index in [1.165, 1.54) is 31.0 Å². The molecule has 1 aliphatic carbocycles. The summed E-state index contributed by atoms with van der Waals surface area (Å²) in [6, 6.07) is 6.49. The first kappa shape index (κ1) is 15.0. The van der Waals surface area contributed by atoms with Crippen molar-refractivity contribution in [1.82, 2.24) is 4.72 Å². The summed E-state index contributed by atoms with van der Waals surface area (Å²) in [4.78, 5) is 0.177. The monoisotopic (exact) mass is 294 g/mol. The van der Waals surface area contributed by atoms with Gasteiger partial charge in [0.2, 0.25) is 10.0 Å². The molecule has 0 bridgehead atoms. The lowest BCUT2D eigenvalue weighted by atomic mass is 10.1. The highest BCUT2D eigenvalue weighted by Gasteiger charge is 2.21. The van der Waals surface area contributed by atoms with Crippen LogP contribution in [-0.2, 0) is 14.8 Å². The predicted molar refractivity (Wildman–Crippen MR) is 74.6 cm³/mol. The van der Waals surface area contributed by atoms with Gasteiger partial charge in [0.05, 0.1) is 23.1 Å². The fourth-order valence-corrected chi connectivity index (χ4v) is 2.89. The number of nitrogens with one attached hydrogen (secondary N) is 1. The van der Waals surface area contributed by atoms with Crippen molar-refractivity contribution < 1.29 is 13.2 Å². The minimum atomic E-state index is -3.53. The molecule has 0 aliphatic heterocycles. The summed E-state index contributed by atoms with van der Waals surface area (Å²) >= 11 is 0. The molecule has 108 valence electrons. The van der Waals surface area contributed by atoms with Crippen molar-refractivity contribution in [2.24, 2.45) is 5.92 Å². The molecule has 0 radical (unpaired) electrons. The molecule has 1 saturated carbocycles. The van der Waals surface area contributed by atoms with E-state index in [2.05, 4.69) is 4.72 Å². The van der Waals surface area contributed by atoms with Crippen LogP contribution in [-0.4, -0.2) is 28.2 Å². The number of ether oxygens (including phenoxy) is 1. The summed E-state index contributed by atoms with van der Waals surface area (Å²) in [5.41, 5.74) is 1.14. The number of nitriles is 1. The van der Waals surface area contributed by atoms with E-state index in [4.69, 9.17) is 10.00 Å². The van der Waals surface area contributed by atoms with Crippen LogP contribution in [0.3, 0.4) is 0 Å². The summed E-state index contributed by atoms with van der Waals surface area (Å²) in [5, 5.41) is 8.83. The fourth-order valence-electron chi connectivity index (χ4n) is 1.79. The zero-order valence-corrected chi connectivity index (χ0v) is 12.2. The van der Waals surface area contributed by atoms with Gasteiger partial charge in [-0.05, 0) is 49.4 Å². The van der Waals surface area contributed by atoms with Gasteiger partial charge in [-0.15, -0.1) is 0 Å². The summed E-state index contributed by atoms with van der Waals surface area (Å²) in [6.45, 7) is 3.08. The number of aryl methyl sites for hydroxylation is 1. The summed E-state index contributed by atoms with van der Waals surface area (Å²) in [7, 11) is -3.53. The van der Waals surface area contributed by atoms with Gasteiger partial charge in [-0.25, -0.2) is 13.1 Å². The van der Waals surface area contributed by atoms with Gasteiger partial charge >= 0.3 is 0 Å². The maximum absolute atomic E-state index is 12.0. The molecule has 0 atom stereocenters. The van der Waals surface area contributed by atoms with Gasteiger partial charge < -0.3 is 4.74 Å². The molecule has 6 heteroatoms. The first-order valence-corrected chi connectivity index (χ1v) is 8.09. The number of nitrogens with zero attached hydrogens (tertiary/aromatic N) is 1. The Labute approximate surface area is 119 Å². The molecule has 0 aromatic heterocycles. The minimum absolute atomic E-state index is 0.177. The molecule has 0 heterocycles. The van der Waals surface area contributed by atoms with Crippen molar-refractivity contribution >= 4 is 10.0 Å². The third-order valence-corrected chi connectivity index (χ3v) is 4.68. The first-order valence-electron chi connectivity index (χ1n) is 6.61. The number of benzene rings is 1. The van der Waals surface area contributed by atoms with E-state index in [0.717, 1.165) is 6.61 Å². The van der Waals surface area contributed by atoms with Gasteiger partial charge in [0.1, 0.15) is 0 Å². The third-order valence-electron chi connectivity index (χ3n) is 3.22. The van der Waals surface area contributed by atoms with E-state index < -0.39 is 10.0 Å². The van der Waals surface area contributed by atoms with E-state index in [1.807, 2.05) is 6.07 Å². The standard InChI is InChI=1S/C14H18N2O3S/c1-11-8-14(5-4-13(11)9-15)20(17,18)16-6-7-19-10-12-2-3-12/h4-5,8,12,16H,2-3,6-7,10H2,1H3. The molecule has 20 heavy (non-hydrogen) atoms. The maximum atomic E-state index is 12.0. The van der Waals surface area contributed by atoms with Crippen LogP contribution in [0, 0.1) is 24.2 Å². The molecule has 1 aromatic carbocycles. The van der Waals surface area contributed by atoms with Gasteiger partial charge in [-0.1, -0.05) is 0 Å². The second kappa shape index (κ2) is 6.35. The van der Waals surface area contributed by atoms with Crippen molar-refractivity contribution in [1.29, 1.82) is 5.26 Å². The zero-order chi connectivity index (χ0) is 14.6. The van der Waals surface area contributed by atoms with E-state index in [9.17, 15) is 8.42 Å². The zero-order valence-electron chi connectivity index (χ0n) is 11.4. The lowest BCUT2D eigenvalue weighted by Gasteiger charge is -2.08. The van der Waals surface area contributed by atoms with Gasteiger partial charge in [-0.2, -0.15) is 5.26 Å². The Kier molecular flexibility index (Phi) is 4.76. The predicted octanol–water partition coefficient (Wildman–Crippen LogP) is 1.57. The quantitative estimate of drug-likeness (QED) is 0.774. The summed E-state index contributed by atoms with van der Waals surface area (Å²) in [6.07, 6.45) is 2.44. The Balaban J connectivity index is 1.88. The molecule has 0 unspecified atom stereocenters. The first-order chi connectivity index (χ1) is 9.53. The molecule has 1 aliphatic rings. The van der Waals surface area contributed by atoms with Crippen LogP contribution in [0.25, 0.3) is 0 Å². The molecule has 0 spiro atoms. The minimum Gasteiger partial charge on any atom is -0.380 e. The Bertz CT molecular complexity index is 616. The largest absolute Gasteiger partial charge is 0.380 e. The average molecular weight is 294 g/mol. The maximum Gasteiger partial charge on any atom is 0.240 e. The molecule has 1 N–H and O–H groups in total. The highest BCUT2D eigenvalue weighted by molar-refractivity contribution is 7.89. The number of rotatable bonds is 7. The van der Waals surface area contributed by atoms with E-state index in [0.29, 0.717) is 23.7 Å². The molecule has 0 amide bonds. The van der Waals surface area contributed by atoms with Gasteiger partial charge in [0.25, 0.3) is 0 Å². The van der Waals surface area contributed by atoms with Crippen LogP contribution in [0.4, 0.5) is 0 Å². The number of sulfonamides is 1. The fraction of sp³-hybridized carbons (Fsp3) is 0.500. The Hall–Kier alpha value is -1.42. The Morgan fingerprint density at radius 1 is 1.45 bits per heavy atom. The van der Waals surface area contributed by atoms with E-state index in [1.54, 1.807) is 6.92 Å². The summed E-state index contributed by atoms with van der Waals surface area (Å²) < 4.78 is 32.0. The number of hydrogen-bond donors (Lipinski definition) is 1. The number of hydrogen-bond acceptors (Lipinski definition) is 4. The molecular weight excluding hydrogens is 276 g/mol. The average Bonchev–Trinajstić information content (AvgIpc) is 3.22. The van der Waals surface area contributed by atoms with Crippen LogP contribution in [0.5, 0.6) is 0 Å². The highest BCUT2D eigenvalue weighted by Crippen LogP contribution is 2.28. The van der Waals surface area contributed by atoms with Crippen molar-refractivity contribution in [2.45, 2.75) is 24.7 Å². The molecule has 0 saturated heterocycles. The van der Waals surface area contributed by atoms with E-state index in [-0.39, 0.29) is 11.4 Å². The normalized spacial score (nSPS) is 15.0. The van der Waals surface area contributed by atoms with Crippen LogP contribution in [0.1, 0.15) is 24.0 Å². The topological polar surface area (TPSA) is 79.2 Å². The van der Waals surface area contributed by atoms with Gasteiger partial charge in [-0.3, -0.25) is 0 Å². The molecule has 1 fully saturated rings. The SMILES string of the molecule is Cc1cc(S(=O)(=O)NCCOCC2CC2)ccc1C#N. The van der Waals surface area contributed by atoms with Crippen molar-refractivity contribution in [3.63, 3.8) is 0 Å². The van der Waals surface area contributed by atoms with Crippen LogP contribution in [0.15, 0.2) is 23.1 Å². The van der Waals surface area contributed by atoms with Crippen LogP contribution >= 0.6 is 0 Å². The lowest BCUT2D eigenvalue weighted by Crippen LogP contribution is -2.27. The molecule has 5 nitrogen and oxygen atoms in total. The molecule has 2 rings (SSSR count). The van der Waals surface area contributed by atoms with Crippen LogP contribution < -0.4 is 4.72 Å². The second-order valence-corrected chi connectivity index (χ2v) is 6.77. The van der Waals surface area contributed by atoms with Gasteiger partial charge in [0, 0.05) is 13.2 Å². The van der Waals surface area contributed by atoms with Gasteiger partial charge in [0.15, 0.2) is 0 Å². The van der Waals surface area contributed by atoms with Crippen molar-refractivity contribution in [2.75, 3.05) is 19.8 Å². The molecule has 1 aromatic rings. The molecular formula is C14H18N2O3S. The lowest BCUT2D eigenvalue weighted by molar-refractivity contribution is 0.129.